The summed E-state index contributed by atoms with van der Waals surface area (Å²) in [6.45, 7) is 6.60. The summed E-state index contributed by atoms with van der Waals surface area (Å²) < 4.78 is 16.3. The summed E-state index contributed by atoms with van der Waals surface area (Å²) in [7, 11) is 0. The van der Waals surface area contributed by atoms with E-state index in [9.17, 15) is 9.59 Å². The highest BCUT2D eigenvalue weighted by Crippen LogP contribution is 2.34. The molecule has 0 saturated carbocycles. The van der Waals surface area contributed by atoms with Crippen molar-refractivity contribution in [1.29, 1.82) is 0 Å². The van der Waals surface area contributed by atoms with Crippen LogP contribution in [0, 0.1) is 12.8 Å². The molecule has 1 aromatic carbocycles. The summed E-state index contributed by atoms with van der Waals surface area (Å²) >= 11 is 1.31. The zero-order valence-corrected chi connectivity index (χ0v) is 16.4. The second-order valence-corrected chi connectivity index (χ2v) is 7.62. The zero-order chi connectivity index (χ0) is 19.4. The van der Waals surface area contributed by atoms with Crippen LogP contribution in [0.4, 0.5) is 0 Å². The fourth-order valence-electron chi connectivity index (χ4n) is 2.88. The Labute approximate surface area is 162 Å². The lowest BCUT2D eigenvalue weighted by molar-refractivity contribution is -0.125. The molecular weight excluding hydrogens is 366 g/mol. The highest BCUT2D eigenvalue weighted by Gasteiger charge is 2.22. The van der Waals surface area contributed by atoms with Gasteiger partial charge in [0.1, 0.15) is 18.1 Å². The van der Waals surface area contributed by atoms with Crippen molar-refractivity contribution in [2.45, 2.75) is 26.8 Å². The largest absolute Gasteiger partial charge is 0.486 e. The first-order valence-electron chi connectivity index (χ1n) is 8.86. The fraction of sp³-hybridized carbons (Fsp3) is 0.400. The smallest absolute Gasteiger partial charge is 0.349 e. The number of rotatable bonds is 6. The van der Waals surface area contributed by atoms with E-state index in [1.165, 1.54) is 11.3 Å². The second kappa shape index (κ2) is 8.43. The van der Waals surface area contributed by atoms with Crippen molar-refractivity contribution < 1.29 is 23.8 Å². The van der Waals surface area contributed by atoms with E-state index in [2.05, 4.69) is 5.32 Å². The van der Waals surface area contributed by atoms with Gasteiger partial charge in [-0.2, -0.15) is 0 Å². The number of carbonyl (C=O) groups excluding carboxylic acids is 2. The molecule has 3 rings (SSSR count). The number of hydrogen-bond acceptors (Lipinski definition) is 6. The quantitative estimate of drug-likeness (QED) is 0.766. The predicted octanol–water partition coefficient (Wildman–Crippen LogP) is 3.50. The van der Waals surface area contributed by atoms with Gasteiger partial charge in [0.25, 0.3) is 5.91 Å². The van der Waals surface area contributed by atoms with E-state index in [0.29, 0.717) is 29.6 Å². The van der Waals surface area contributed by atoms with Gasteiger partial charge in [-0.15, -0.1) is 11.3 Å². The Hall–Kier alpha value is -2.54. The number of nitrogens with one attached hydrogen (secondary N) is 1. The minimum absolute atomic E-state index is 0.145. The molecule has 2 heterocycles. The van der Waals surface area contributed by atoms with Crippen LogP contribution in [0.25, 0.3) is 0 Å². The summed E-state index contributed by atoms with van der Waals surface area (Å²) in [5.74, 6) is 0.716. The lowest BCUT2D eigenvalue weighted by Gasteiger charge is -2.25. The van der Waals surface area contributed by atoms with Crippen molar-refractivity contribution in [2.75, 3.05) is 19.8 Å². The number of ether oxygens (including phenoxy) is 3. The molecule has 2 aromatic rings. The van der Waals surface area contributed by atoms with Gasteiger partial charge in [0, 0.05) is 0 Å². The normalized spacial score (nSPS) is 13.9. The van der Waals surface area contributed by atoms with Gasteiger partial charge in [0.2, 0.25) is 0 Å². The van der Waals surface area contributed by atoms with Crippen LogP contribution in [0.1, 0.15) is 40.7 Å². The summed E-state index contributed by atoms with van der Waals surface area (Å²) in [6, 6.07) is 7.28. The monoisotopic (exact) mass is 389 g/mol. The van der Waals surface area contributed by atoms with Gasteiger partial charge in [-0.1, -0.05) is 19.9 Å². The third-order valence-corrected chi connectivity index (χ3v) is 5.29. The Balaban J connectivity index is 1.63. The Morgan fingerprint density at radius 1 is 1.19 bits per heavy atom. The molecule has 0 radical (unpaired) electrons. The van der Waals surface area contributed by atoms with Crippen LogP contribution in [0.3, 0.4) is 0 Å². The minimum Gasteiger partial charge on any atom is -0.486 e. The van der Waals surface area contributed by atoms with Gasteiger partial charge in [0.05, 0.1) is 6.04 Å². The standard InChI is InChI=1S/C20H23NO5S/c1-12(2)18(14-4-5-15-16(10-14)25-8-7-24-15)21-17(22)11-26-20(23)19-13(3)6-9-27-19/h4-6,9-10,12,18H,7-8,11H2,1-3H3,(H,21,22)/t18-/m0/s1. The van der Waals surface area contributed by atoms with E-state index >= 15 is 0 Å². The maximum Gasteiger partial charge on any atom is 0.349 e. The van der Waals surface area contributed by atoms with Crippen molar-refractivity contribution in [3.63, 3.8) is 0 Å². The number of benzene rings is 1. The van der Waals surface area contributed by atoms with E-state index in [4.69, 9.17) is 14.2 Å². The third kappa shape index (κ3) is 4.60. The van der Waals surface area contributed by atoms with E-state index in [1.807, 2.05) is 50.4 Å². The van der Waals surface area contributed by atoms with Crippen molar-refractivity contribution in [3.8, 4) is 11.5 Å². The van der Waals surface area contributed by atoms with E-state index in [0.717, 1.165) is 11.1 Å². The molecule has 1 aliphatic heterocycles. The molecule has 144 valence electrons. The number of thiophene rings is 1. The molecule has 0 spiro atoms. The Bertz CT molecular complexity index is 830. The van der Waals surface area contributed by atoms with Gasteiger partial charge in [-0.25, -0.2) is 4.79 Å². The molecule has 0 saturated heterocycles. The molecular formula is C20H23NO5S. The van der Waals surface area contributed by atoms with Crippen LogP contribution in [0.15, 0.2) is 29.6 Å². The Morgan fingerprint density at radius 2 is 1.93 bits per heavy atom. The van der Waals surface area contributed by atoms with Crippen molar-refractivity contribution in [2.24, 2.45) is 5.92 Å². The first-order valence-corrected chi connectivity index (χ1v) is 9.74. The zero-order valence-electron chi connectivity index (χ0n) is 15.6. The van der Waals surface area contributed by atoms with Crippen LogP contribution in [0.2, 0.25) is 0 Å². The minimum atomic E-state index is -0.474. The van der Waals surface area contributed by atoms with Crippen molar-refractivity contribution >= 4 is 23.2 Å². The van der Waals surface area contributed by atoms with Gasteiger partial charge in [-0.3, -0.25) is 4.79 Å². The summed E-state index contributed by atoms with van der Waals surface area (Å²) in [5.41, 5.74) is 1.77. The lowest BCUT2D eigenvalue weighted by Crippen LogP contribution is -2.35. The van der Waals surface area contributed by atoms with Gasteiger partial charge < -0.3 is 19.5 Å². The Morgan fingerprint density at radius 3 is 2.59 bits per heavy atom. The number of amides is 1. The average Bonchev–Trinajstić information content (AvgIpc) is 3.09. The summed E-state index contributed by atoms with van der Waals surface area (Å²) in [4.78, 5) is 24.9. The van der Waals surface area contributed by atoms with Crippen LogP contribution in [0.5, 0.6) is 11.5 Å². The lowest BCUT2D eigenvalue weighted by atomic mass is 9.95. The highest BCUT2D eigenvalue weighted by atomic mass is 32.1. The van der Waals surface area contributed by atoms with Gasteiger partial charge >= 0.3 is 5.97 Å². The molecule has 1 N–H and O–H groups in total. The van der Waals surface area contributed by atoms with E-state index < -0.39 is 5.97 Å². The van der Waals surface area contributed by atoms with E-state index in [1.54, 1.807) is 0 Å². The molecule has 7 heteroatoms. The van der Waals surface area contributed by atoms with Crippen LogP contribution in [-0.2, 0) is 9.53 Å². The van der Waals surface area contributed by atoms with Crippen molar-refractivity contribution in [1.82, 2.24) is 5.32 Å². The fourth-order valence-corrected chi connectivity index (χ4v) is 3.70. The van der Waals surface area contributed by atoms with Crippen LogP contribution < -0.4 is 14.8 Å². The molecule has 1 aliphatic rings. The highest BCUT2D eigenvalue weighted by molar-refractivity contribution is 7.12. The molecule has 1 atom stereocenters. The molecule has 27 heavy (non-hydrogen) atoms. The molecule has 1 aromatic heterocycles. The average molecular weight is 389 g/mol. The SMILES string of the molecule is Cc1ccsc1C(=O)OCC(=O)N[C@H](c1ccc2c(c1)OCCO2)C(C)C. The summed E-state index contributed by atoms with van der Waals surface area (Å²) in [5, 5.41) is 4.77. The molecule has 0 aliphatic carbocycles. The molecule has 6 nitrogen and oxygen atoms in total. The summed E-state index contributed by atoms with van der Waals surface area (Å²) in [6.07, 6.45) is 0. The van der Waals surface area contributed by atoms with E-state index in [-0.39, 0.29) is 24.5 Å². The maximum atomic E-state index is 12.3. The molecule has 1 amide bonds. The van der Waals surface area contributed by atoms with Crippen LogP contribution >= 0.6 is 11.3 Å². The van der Waals surface area contributed by atoms with Crippen molar-refractivity contribution in [3.05, 3.63) is 45.6 Å². The molecule has 0 bridgehead atoms. The first-order chi connectivity index (χ1) is 13.0. The van der Waals surface area contributed by atoms with Gasteiger partial charge in [-0.05, 0) is 47.5 Å². The Kier molecular flexibility index (Phi) is 6.01. The number of esters is 1. The second-order valence-electron chi connectivity index (χ2n) is 6.70. The third-order valence-electron chi connectivity index (χ3n) is 4.29. The predicted molar refractivity (Wildman–Crippen MR) is 102 cm³/mol. The molecule has 0 unspecified atom stereocenters. The molecule has 0 fully saturated rings. The van der Waals surface area contributed by atoms with Crippen LogP contribution in [-0.4, -0.2) is 31.7 Å². The maximum absolute atomic E-state index is 12.3. The topological polar surface area (TPSA) is 73.9 Å². The number of aryl methyl sites for hydroxylation is 1. The van der Waals surface area contributed by atoms with Gasteiger partial charge in [0.15, 0.2) is 18.1 Å². The first kappa shape index (κ1) is 19.2. The number of fused-ring (bicyclic) bond motifs is 1. The number of hydrogen-bond donors (Lipinski definition) is 1. The number of carbonyl (C=O) groups is 2.